The maximum Gasteiger partial charge on any atom is 0.341 e. The summed E-state index contributed by atoms with van der Waals surface area (Å²) in [5.74, 6) is -0.682. The number of rotatable bonds is 6. The predicted molar refractivity (Wildman–Crippen MR) is 84.5 cm³/mol. The maximum absolute atomic E-state index is 12.2. The zero-order valence-electron chi connectivity index (χ0n) is 12.4. The van der Waals surface area contributed by atoms with Crippen LogP contribution in [0.5, 0.6) is 5.75 Å². The van der Waals surface area contributed by atoms with Crippen LogP contribution in [0.1, 0.15) is 26.4 Å². The van der Waals surface area contributed by atoms with Crippen LogP contribution in [0.15, 0.2) is 29.6 Å². The van der Waals surface area contributed by atoms with Crippen molar-refractivity contribution in [3.63, 3.8) is 0 Å². The molecule has 1 aromatic carbocycles. The standard InChI is InChI=1S/C16H17NO4S/c1-10-6-12(7-11(2)15(10)21-9-14(18)19)16(20)17-8-13-4-3-5-22-13/h3-7H,8-9H2,1-2H3,(H,17,20)(H,18,19). The highest BCUT2D eigenvalue weighted by atomic mass is 32.1. The average molecular weight is 319 g/mol. The molecule has 0 atom stereocenters. The zero-order chi connectivity index (χ0) is 16.1. The second kappa shape index (κ2) is 7.09. The number of carbonyl (C=O) groups excluding carboxylic acids is 1. The Morgan fingerprint density at radius 1 is 1.27 bits per heavy atom. The van der Waals surface area contributed by atoms with Crippen LogP contribution in [0.25, 0.3) is 0 Å². The van der Waals surface area contributed by atoms with Gasteiger partial charge in [-0.2, -0.15) is 0 Å². The van der Waals surface area contributed by atoms with Crippen molar-refractivity contribution < 1.29 is 19.4 Å². The van der Waals surface area contributed by atoms with E-state index in [1.807, 2.05) is 17.5 Å². The number of benzene rings is 1. The maximum atomic E-state index is 12.2. The fourth-order valence-corrected chi connectivity index (χ4v) is 2.77. The number of thiophene rings is 1. The lowest BCUT2D eigenvalue weighted by atomic mass is 10.1. The Morgan fingerprint density at radius 2 is 1.95 bits per heavy atom. The quantitative estimate of drug-likeness (QED) is 0.858. The first-order chi connectivity index (χ1) is 10.5. The van der Waals surface area contributed by atoms with E-state index >= 15 is 0 Å². The van der Waals surface area contributed by atoms with E-state index in [2.05, 4.69) is 5.32 Å². The molecule has 116 valence electrons. The van der Waals surface area contributed by atoms with Gasteiger partial charge in [0.2, 0.25) is 0 Å². The van der Waals surface area contributed by atoms with E-state index in [1.165, 1.54) is 0 Å². The van der Waals surface area contributed by atoms with Gasteiger partial charge in [0, 0.05) is 10.4 Å². The molecule has 0 bridgehead atoms. The van der Waals surface area contributed by atoms with Crippen LogP contribution < -0.4 is 10.1 Å². The van der Waals surface area contributed by atoms with E-state index in [-0.39, 0.29) is 5.91 Å². The second-order valence-electron chi connectivity index (χ2n) is 4.88. The number of carboxylic acid groups (broad SMARTS) is 1. The molecule has 6 heteroatoms. The first kappa shape index (κ1) is 16.0. The third-order valence-corrected chi connectivity index (χ3v) is 3.94. The van der Waals surface area contributed by atoms with Gasteiger partial charge in [-0.25, -0.2) is 4.79 Å². The smallest absolute Gasteiger partial charge is 0.341 e. The monoisotopic (exact) mass is 319 g/mol. The molecule has 1 heterocycles. The molecule has 0 spiro atoms. The zero-order valence-corrected chi connectivity index (χ0v) is 13.2. The minimum absolute atomic E-state index is 0.163. The molecule has 0 fully saturated rings. The SMILES string of the molecule is Cc1cc(C(=O)NCc2cccs2)cc(C)c1OCC(=O)O. The summed E-state index contributed by atoms with van der Waals surface area (Å²) < 4.78 is 5.25. The highest BCUT2D eigenvalue weighted by Gasteiger charge is 2.12. The molecule has 0 saturated heterocycles. The molecule has 2 aromatic rings. The Labute approximate surface area is 132 Å². The van der Waals surface area contributed by atoms with Gasteiger partial charge in [-0.15, -0.1) is 11.3 Å². The summed E-state index contributed by atoms with van der Waals surface area (Å²) in [7, 11) is 0. The number of hydrogen-bond acceptors (Lipinski definition) is 4. The van der Waals surface area contributed by atoms with E-state index in [9.17, 15) is 9.59 Å². The second-order valence-corrected chi connectivity index (χ2v) is 5.92. The number of carbonyl (C=O) groups is 2. The van der Waals surface area contributed by atoms with E-state index < -0.39 is 12.6 Å². The van der Waals surface area contributed by atoms with E-state index in [4.69, 9.17) is 9.84 Å². The minimum Gasteiger partial charge on any atom is -0.481 e. The summed E-state index contributed by atoms with van der Waals surface area (Å²) in [5, 5.41) is 13.5. The van der Waals surface area contributed by atoms with Crippen LogP contribution in [0, 0.1) is 13.8 Å². The summed E-state index contributed by atoms with van der Waals surface area (Å²) in [5.41, 5.74) is 2.01. The Hall–Kier alpha value is -2.34. The molecule has 0 aliphatic heterocycles. The Morgan fingerprint density at radius 3 is 2.50 bits per heavy atom. The molecule has 5 nitrogen and oxygen atoms in total. The number of hydrogen-bond donors (Lipinski definition) is 2. The Kier molecular flexibility index (Phi) is 5.16. The van der Waals surface area contributed by atoms with E-state index in [0.29, 0.717) is 17.9 Å². The van der Waals surface area contributed by atoms with Gasteiger partial charge in [0.25, 0.3) is 5.91 Å². The van der Waals surface area contributed by atoms with Crippen LogP contribution in [0.3, 0.4) is 0 Å². The van der Waals surface area contributed by atoms with Crippen molar-refractivity contribution in [2.75, 3.05) is 6.61 Å². The highest BCUT2D eigenvalue weighted by Crippen LogP contribution is 2.25. The van der Waals surface area contributed by atoms with E-state index in [1.54, 1.807) is 37.3 Å². The van der Waals surface area contributed by atoms with Crippen molar-refractivity contribution in [2.45, 2.75) is 20.4 Å². The average Bonchev–Trinajstić information content (AvgIpc) is 2.96. The van der Waals surface area contributed by atoms with Crippen LogP contribution in [-0.4, -0.2) is 23.6 Å². The van der Waals surface area contributed by atoms with Gasteiger partial charge in [0.15, 0.2) is 6.61 Å². The summed E-state index contributed by atoms with van der Waals surface area (Å²) in [6.07, 6.45) is 0. The van der Waals surface area contributed by atoms with Gasteiger partial charge >= 0.3 is 5.97 Å². The first-order valence-electron chi connectivity index (χ1n) is 6.74. The van der Waals surface area contributed by atoms with Gasteiger partial charge in [0.1, 0.15) is 5.75 Å². The number of carboxylic acids is 1. The van der Waals surface area contributed by atoms with Crippen molar-refractivity contribution in [1.29, 1.82) is 0 Å². The van der Waals surface area contributed by atoms with Crippen molar-refractivity contribution >= 4 is 23.2 Å². The third-order valence-electron chi connectivity index (χ3n) is 3.07. The molecule has 0 radical (unpaired) electrons. The molecule has 2 rings (SSSR count). The van der Waals surface area contributed by atoms with Gasteiger partial charge in [-0.3, -0.25) is 4.79 Å². The normalized spacial score (nSPS) is 10.3. The lowest BCUT2D eigenvalue weighted by Gasteiger charge is -2.13. The van der Waals surface area contributed by atoms with Crippen molar-refractivity contribution in [2.24, 2.45) is 0 Å². The fourth-order valence-electron chi connectivity index (χ4n) is 2.13. The molecule has 2 N–H and O–H groups in total. The Balaban J connectivity index is 2.08. The molecule has 22 heavy (non-hydrogen) atoms. The summed E-state index contributed by atoms with van der Waals surface area (Å²) >= 11 is 1.59. The van der Waals surface area contributed by atoms with Gasteiger partial charge in [0.05, 0.1) is 6.54 Å². The topological polar surface area (TPSA) is 75.6 Å². The van der Waals surface area contributed by atoms with Crippen LogP contribution >= 0.6 is 11.3 Å². The lowest BCUT2D eigenvalue weighted by molar-refractivity contribution is -0.139. The van der Waals surface area contributed by atoms with Crippen LogP contribution in [-0.2, 0) is 11.3 Å². The molecule has 1 aromatic heterocycles. The van der Waals surface area contributed by atoms with Crippen molar-refractivity contribution in [1.82, 2.24) is 5.32 Å². The minimum atomic E-state index is -1.03. The molecule has 0 saturated carbocycles. The molecule has 0 aliphatic rings. The summed E-state index contributed by atoms with van der Waals surface area (Å²) in [4.78, 5) is 23.8. The van der Waals surface area contributed by atoms with Gasteiger partial charge in [-0.1, -0.05) is 6.07 Å². The first-order valence-corrected chi connectivity index (χ1v) is 7.61. The molecular weight excluding hydrogens is 302 g/mol. The van der Waals surface area contributed by atoms with Crippen LogP contribution in [0.2, 0.25) is 0 Å². The molecular formula is C16H17NO4S. The predicted octanol–water partition coefficient (Wildman–Crippen LogP) is 2.76. The summed E-state index contributed by atoms with van der Waals surface area (Å²) in [6.45, 7) is 3.68. The number of ether oxygens (including phenoxy) is 1. The molecule has 0 unspecified atom stereocenters. The summed E-state index contributed by atoms with van der Waals surface area (Å²) in [6, 6.07) is 7.31. The molecule has 1 amide bonds. The fraction of sp³-hybridized carbons (Fsp3) is 0.250. The number of nitrogens with one attached hydrogen (secondary N) is 1. The largest absolute Gasteiger partial charge is 0.481 e. The lowest BCUT2D eigenvalue weighted by Crippen LogP contribution is -2.22. The molecule has 0 aliphatic carbocycles. The Bertz CT molecular complexity index is 656. The van der Waals surface area contributed by atoms with Crippen molar-refractivity contribution in [3.05, 3.63) is 51.2 Å². The van der Waals surface area contributed by atoms with Crippen molar-refractivity contribution in [3.8, 4) is 5.75 Å². The highest BCUT2D eigenvalue weighted by molar-refractivity contribution is 7.09. The third kappa shape index (κ3) is 4.08. The number of amides is 1. The number of aryl methyl sites for hydroxylation is 2. The van der Waals surface area contributed by atoms with Crippen LogP contribution in [0.4, 0.5) is 0 Å². The number of aliphatic carboxylic acids is 1. The van der Waals surface area contributed by atoms with Gasteiger partial charge in [-0.05, 0) is 48.6 Å². The van der Waals surface area contributed by atoms with Gasteiger partial charge < -0.3 is 15.2 Å². The van der Waals surface area contributed by atoms with E-state index in [0.717, 1.165) is 16.0 Å².